The van der Waals surface area contributed by atoms with Crippen LogP contribution in [-0.2, 0) is 4.79 Å². The number of nitrogens with one attached hydrogen (secondary N) is 2. The number of urea groups is 1. The van der Waals surface area contributed by atoms with Gasteiger partial charge in [-0.15, -0.1) is 0 Å². The number of amides is 2. The van der Waals surface area contributed by atoms with Gasteiger partial charge in [0.25, 0.3) is 0 Å². The lowest BCUT2D eigenvalue weighted by molar-refractivity contribution is -0.113. The van der Waals surface area contributed by atoms with Crippen molar-refractivity contribution in [2.45, 2.75) is 13.0 Å². The summed E-state index contributed by atoms with van der Waals surface area (Å²) >= 11 is 0. The van der Waals surface area contributed by atoms with Crippen molar-refractivity contribution in [3.8, 4) is 0 Å². The van der Waals surface area contributed by atoms with Crippen molar-refractivity contribution >= 4 is 17.5 Å². The highest BCUT2D eigenvalue weighted by Gasteiger charge is 2.31. The van der Waals surface area contributed by atoms with E-state index >= 15 is 0 Å². The van der Waals surface area contributed by atoms with E-state index in [1.165, 1.54) is 6.92 Å². The molecule has 110 valence electrons. The maximum Gasteiger partial charge on any atom is 0.320 e. The van der Waals surface area contributed by atoms with E-state index in [0.717, 1.165) is 11.1 Å². The Bertz CT molecular complexity index is 736. The third-order valence-electron chi connectivity index (χ3n) is 3.65. The number of ketones is 1. The first kappa shape index (κ1) is 14.1. The van der Waals surface area contributed by atoms with Crippen molar-refractivity contribution < 1.29 is 9.59 Å². The number of carbonyl (C=O) groups excluding carboxylic acids is 2. The minimum Gasteiger partial charge on any atom is -0.327 e. The molecule has 0 saturated heterocycles. The Balaban J connectivity index is 2.18. The summed E-state index contributed by atoms with van der Waals surface area (Å²) in [6.45, 7) is 1.52. The summed E-state index contributed by atoms with van der Waals surface area (Å²) in [4.78, 5) is 24.3. The van der Waals surface area contributed by atoms with Crippen LogP contribution in [0.3, 0.4) is 0 Å². The molecule has 2 amide bonds. The third kappa shape index (κ3) is 2.63. The number of hydrogen-bond donors (Lipinski definition) is 2. The Morgan fingerprint density at radius 1 is 0.955 bits per heavy atom. The number of rotatable bonds is 3. The van der Waals surface area contributed by atoms with Crippen LogP contribution >= 0.6 is 0 Å². The average molecular weight is 292 g/mol. The summed E-state index contributed by atoms with van der Waals surface area (Å²) in [6.07, 6.45) is 0. The summed E-state index contributed by atoms with van der Waals surface area (Å²) in [6, 6.07) is 18.2. The molecule has 2 aromatic rings. The van der Waals surface area contributed by atoms with Gasteiger partial charge >= 0.3 is 6.03 Å². The van der Waals surface area contributed by atoms with Crippen molar-refractivity contribution in [2.24, 2.45) is 0 Å². The molecule has 1 aliphatic heterocycles. The fourth-order valence-corrected chi connectivity index (χ4v) is 2.67. The van der Waals surface area contributed by atoms with Crippen LogP contribution in [0, 0.1) is 0 Å². The monoisotopic (exact) mass is 292 g/mol. The van der Waals surface area contributed by atoms with Gasteiger partial charge < -0.3 is 10.6 Å². The van der Waals surface area contributed by atoms with Crippen LogP contribution in [0.1, 0.15) is 24.1 Å². The molecule has 22 heavy (non-hydrogen) atoms. The molecule has 4 heteroatoms. The molecule has 0 bridgehead atoms. The van der Waals surface area contributed by atoms with Crippen molar-refractivity contribution in [1.29, 1.82) is 0 Å². The average Bonchev–Trinajstić information content (AvgIpc) is 2.55. The summed E-state index contributed by atoms with van der Waals surface area (Å²) in [5.74, 6) is -0.0693. The van der Waals surface area contributed by atoms with Crippen LogP contribution in [0.2, 0.25) is 0 Å². The lowest BCUT2D eigenvalue weighted by Gasteiger charge is -2.29. The highest BCUT2D eigenvalue weighted by molar-refractivity contribution is 6.06. The highest BCUT2D eigenvalue weighted by Crippen LogP contribution is 2.31. The second-order valence-electron chi connectivity index (χ2n) is 5.15. The van der Waals surface area contributed by atoms with E-state index in [9.17, 15) is 9.59 Å². The first-order valence-corrected chi connectivity index (χ1v) is 7.10. The van der Waals surface area contributed by atoms with E-state index in [2.05, 4.69) is 10.6 Å². The van der Waals surface area contributed by atoms with Crippen LogP contribution < -0.4 is 10.6 Å². The molecule has 2 aromatic carbocycles. The molecular weight excluding hydrogens is 276 g/mol. The zero-order valence-electron chi connectivity index (χ0n) is 12.2. The second-order valence-corrected chi connectivity index (χ2v) is 5.15. The fourth-order valence-electron chi connectivity index (χ4n) is 2.67. The molecule has 1 unspecified atom stereocenters. The van der Waals surface area contributed by atoms with Crippen molar-refractivity contribution in [2.75, 3.05) is 0 Å². The molecule has 0 radical (unpaired) electrons. The molecule has 1 heterocycles. The number of Topliss-reactive ketones (excluding diaryl/α,β-unsaturated/α-hetero) is 1. The minimum absolute atomic E-state index is 0.0693. The molecule has 3 rings (SSSR count). The molecule has 0 aromatic heterocycles. The molecule has 0 fully saturated rings. The largest absolute Gasteiger partial charge is 0.327 e. The molecule has 1 aliphatic rings. The van der Waals surface area contributed by atoms with Gasteiger partial charge in [-0.3, -0.25) is 4.79 Å². The van der Waals surface area contributed by atoms with Gasteiger partial charge in [0, 0.05) is 5.57 Å². The number of benzene rings is 2. The first-order valence-electron chi connectivity index (χ1n) is 7.10. The van der Waals surface area contributed by atoms with E-state index in [1.54, 1.807) is 0 Å². The molecule has 2 N–H and O–H groups in total. The fraction of sp³-hybridized carbons (Fsp3) is 0.111. The standard InChI is InChI=1S/C18H16N2O2/c1-12(21)15-16(13-8-4-2-5-9-13)19-18(22)20-17(15)14-10-6-3-7-11-14/h2-11,16H,1H3,(H2,19,20,22). The zero-order valence-corrected chi connectivity index (χ0v) is 12.2. The van der Waals surface area contributed by atoms with E-state index < -0.39 is 6.04 Å². The van der Waals surface area contributed by atoms with Gasteiger partial charge in [0.15, 0.2) is 5.78 Å². The van der Waals surface area contributed by atoms with Gasteiger partial charge in [0.1, 0.15) is 0 Å². The predicted octanol–water partition coefficient (Wildman–Crippen LogP) is 3.04. The van der Waals surface area contributed by atoms with E-state index in [-0.39, 0.29) is 11.8 Å². The zero-order chi connectivity index (χ0) is 15.5. The van der Waals surface area contributed by atoms with Crippen molar-refractivity contribution in [1.82, 2.24) is 10.6 Å². The van der Waals surface area contributed by atoms with Gasteiger partial charge in [0.2, 0.25) is 0 Å². The Morgan fingerprint density at radius 3 is 2.14 bits per heavy atom. The third-order valence-corrected chi connectivity index (χ3v) is 3.65. The minimum atomic E-state index is -0.442. The van der Waals surface area contributed by atoms with Gasteiger partial charge in [-0.2, -0.15) is 0 Å². The highest BCUT2D eigenvalue weighted by atomic mass is 16.2. The van der Waals surface area contributed by atoms with Gasteiger partial charge in [-0.1, -0.05) is 60.7 Å². The van der Waals surface area contributed by atoms with E-state index in [4.69, 9.17) is 0 Å². The van der Waals surface area contributed by atoms with Crippen molar-refractivity contribution in [3.05, 3.63) is 77.4 Å². The summed E-state index contributed by atoms with van der Waals surface area (Å²) in [7, 11) is 0. The second kappa shape index (κ2) is 5.85. The normalized spacial score (nSPS) is 17.7. The maximum atomic E-state index is 12.2. The smallest absolute Gasteiger partial charge is 0.320 e. The van der Waals surface area contributed by atoms with Crippen LogP contribution in [0.4, 0.5) is 4.79 Å². The summed E-state index contributed by atoms with van der Waals surface area (Å²) in [5.41, 5.74) is 2.85. The Morgan fingerprint density at radius 2 is 1.55 bits per heavy atom. The lowest BCUT2D eigenvalue weighted by atomic mass is 9.90. The van der Waals surface area contributed by atoms with Gasteiger partial charge in [0.05, 0.1) is 11.7 Å². The maximum absolute atomic E-state index is 12.2. The van der Waals surface area contributed by atoms with Gasteiger partial charge in [-0.05, 0) is 18.1 Å². The van der Waals surface area contributed by atoms with E-state index in [1.807, 2.05) is 60.7 Å². The van der Waals surface area contributed by atoms with Gasteiger partial charge in [-0.25, -0.2) is 4.79 Å². The molecule has 0 saturated carbocycles. The quantitative estimate of drug-likeness (QED) is 0.913. The van der Waals surface area contributed by atoms with Crippen molar-refractivity contribution in [3.63, 3.8) is 0 Å². The summed E-state index contributed by atoms with van der Waals surface area (Å²) in [5, 5.41) is 5.61. The Kier molecular flexibility index (Phi) is 3.74. The first-order chi connectivity index (χ1) is 10.7. The number of hydrogen-bond acceptors (Lipinski definition) is 2. The molecule has 4 nitrogen and oxygen atoms in total. The lowest BCUT2D eigenvalue weighted by Crippen LogP contribution is -2.44. The molecule has 1 atom stereocenters. The summed E-state index contributed by atoms with van der Waals surface area (Å²) < 4.78 is 0. The Labute approximate surface area is 128 Å². The van der Waals surface area contributed by atoms with Crippen LogP contribution in [0.5, 0.6) is 0 Å². The van der Waals surface area contributed by atoms with E-state index in [0.29, 0.717) is 11.3 Å². The molecule has 0 spiro atoms. The van der Waals surface area contributed by atoms with Crippen LogP contribution in [0.15, 0.2) is 66.2 Å². The number of carbonyl (C=O) groups is 2. The topological polar surface area (TPSA) is 58.2 Å². The SMILES string of the molecule is CC(=O)C1=C(c2ccccc2)NC(=O)NC1c1ccccc1. The van der Waals surface area contributed by atoms with Crippen LogP contribution in [0.25, 0.3) is 5.70 Å². The predicted molar refractivity (Wildman–Crippen MR) is 84.9 cm³/mol. The van der Waals surface area contributed by atoms with Crippen LogP contribution in [-0.4, -0.2) is 11.8 Å². The molecule has 0 aliphatic carbocycles. The molecular formula is C18H16N2O2. The Hall–Kier alpha value is -2.88.